The summed E-state index contributed by atoms with van der Waals surface area (Å²) in [5, 5.41) is 18.0. The molecule has 1 heterocycles. The summed E-state index contributed by atoms with van der Waals surface area (Å²) >= 11 is 0. The van der Waals surface area contributed by atoms with Crippen LogP contribution in [0.2, 0.25) is 0 Å². The van der Waals surface area contributed by atoms with Crippen molar-refractivity contribution in [3.63, 3.8) is 0 Å². The van der Waals surface area contributed by atoms with Gasteiger partial charge in [0.05, 0.1) is 22.1 Å². The first-order chi connectivity index (χ1) is 13.0. The van der Waals surface area contributed by atoms with Crippen LogP contribution in [0.1, 0.15) is 21.5 Å². The number of carbonyl (C=O) groups excluding carboxylic acids is 1. The highest BCUT2D eigenvalue weighted by Gasteiger charge is 2.31. The van der Waals surface area contributed by atoms with Crippen molar-refractivity contribution in [1.29, 1.82) is 10.5 Å². The highest BCUT2D eigenvalue weighted by atomic mass is 32.2. The maximum Gasteiger partial charge on any atom is 0.253 e. The van der Waals surface area contributed by atoms with Gasteiger partial charge in [-0.25, -0.2) is 8.42 Å². The van der Waals surface area contributed by atoms with E-state index in [2.05, 4.69) is 0 Å². The average molecular weight is 380 g/mol. The summed E-state index contributed by atoms with van der Waals surface area (Å²) in [6.07, 6.45) is 0. The summed E-state index contributed by atoms with van der Waals surface area (Å²) in [6.45, 7) is 0.827. The SMILES string of the molecule is N#Cc1ccc(C(=O)N2CCN(S(=O)(=O)c3ccccc3C#N)CC2)cc1. The molecule has 2 aromatic carbocycles. The van der Waals surface area contributed by atoms with E-state index in [4.69, 9.17) is 10.5 Å². The van der Waals surface area contributed by atoms with Gasteiger partial charge in [0.2, 0.25) is 10.0 Å². The molecule has 1 saturated heterocycles. The smallest absolute Gasteiger partial charge is 0.253 e. The first kappa shape index (κ1) is 18.6. The van der Waals surface area contributed by atoms with Crippen LogP contribution in [0.25, 0.3) is 0 Å². The van der Waals surface area contributed by atoms with Crippen molar-refractivity contribution >= 4 is 15.9 Å². The Labute approximate surface area is 157 Å². The molecule has 0 N–H and O–H groups in total. The third-order valence-electron chi connectivity index (χ3n) is 4.41. The number of amides is 1. The molecule has 0 spiro atoms. The number of carbonyl (C=O) groups is 1. The molecule has 0 aliphatic carbocycles. The Bertz CT molecular complexity index is 1040. The van der Waals surface area contributed by atoms with E-state index < -0.39 is 10.0 Å². The van der Waals surface area contributed by atoms with Crippen LogP contribution in [0, 0.1) is 22.7 Å². The lowest BCUT2D eigenvalue weighted by molar-refractivity contribution is 0.0698. The molecular formula is C19H16N4O3S. The summed E-state index contributed by atoms with van der Waals surface area (Å²) in [5.41, 5.74) is 1.03. The Hall–Kier alpha value is -3.20. The number of sulfonamides is 1. The third kappa shape index (κ3) is 3.68. The molecule has 0 saturated carbocycles. The quantitative estimate of drug-likeness (QED) is 0.804. The van der Waals surface area contributed by atoms with Gasteiger partial charge in [-0.15, -0.1) is 0 Å². The molecule has 7 nitrogen and oxygen atoms in total. The molecule has 0 aromatic heterocycles. The van der Waals surface area contributed by atoms with Crippen LogP contribution in [0.5, 0.6) is 0 Å². The van der Waals surface area contributed by atoms with E-state index in [0.717, 1.165) is 0 Å². The van der Waals surface area contributed by atoms with Gasteiger partial charge in [-0.1, -0.05) is 12.1 Å². The maximum absolute atomic E-state index is 12.8. The molecule has 8 heteroatoms. The monoisotopic (exact) mass is 380 g/mol. The highest BCUT2D eigenvalue weighted by Crippen LogP contribution is 2.21. The van der Waals surface area contributed by atoms with E-state index in [1.54, 1.807) is 41.3 Å². The summed E-state index contributed by atoms with van der Waals surface area (Å²) in [6, 6.07) is 16.3. The van der Waals surface area contributed by atoms with E-state index in [1.165, 1.54) is 16.4 Å². The first-order valence-corrected chi connectivity index (χ1v) is 9.70. The van der Waals surface area contributed by atoms with E-state index in [1.807, 2.05) is 12.1 Å². The Balaban J connectivity index is 1.72. The minimum atomic E-state index is -3.79. The number of nitrogens with zero attached hydrogens (tertiary/aromatic N) is 4. The van der Waals surface area contributed by atoms with Crippen molar-refractivity contribution < 1.29 is 13.2 Å². The van der Waals surface area contributed by atoms with Crippen molar-refractivity contribution in [3.05, 3.63) is 65.2 Å². The van der Waals surface area contributed by atoms with Crippen molar-refractivity contribution in [1.82, 2.24) is 9.21 Å². The number of nitriles is 2. The predicted molar refractivity (Wildman–Crippen MR) is 97.0 cm³/mol. The molecule has 27 heavy (non-hydrogen) atoms. The fourth-order valence-electron chi connectivity index (χ4n) is 2.92. The normalized spacial score (nSPS) is 15.0. The van der Waals surface area contributed by atoms with Crippen LogP contribution in [0.4, 0.5) is 0 Å². The molecule has 1 aliphatic rings. The zero-order valence-electron chi connectivity index (χ0n) is 14.4. The Kier molecular flexibility index (Phi) is 5.22. The number of rotatable bonds is 3. The maximum atomic E-state index is 12.8. The summed E-state index contributed by atoms with van der Waals surface area (Å²) in [4.78, 5) is 14.1. The fourth-order valence-corrected chi connectivity index (χ4v) is 4.49. The van der Waals surface area contributed by atoms with Crippen LogP contribution in [0.15, 0.2) is 53.4 Å². The van der Waals surface area contributed by atoms with Crippen molar-refractivity contribution in [3.8, 4) is 12.1 Å². The third-order valence-corrected chi connectivity index (χ3v) is 6.37. The lowest BCUT2D eigenvalue weighted by Crippen LogP contribution is -2.50. The molecule has 1 aliphatic heterocycles. The van der Waals surface area contributed by atoms with E-state index in [-0.39, 0.29) is 42.5 Å². The summed E-state index contributed by atoms with van der Waals surface area (Å²) < 4.78 is 26.9. The van der Waals surface area contributed by atoms with Crippen molar-refractivity contribution in [2.45, 2.75) is 4.90 Å². The minimum absolute atomic E-state index is 0.0145. The Morgan fingerprint density at radius 2 is 1.52 bits per heavy atom. The standard InChI is InChI=1S/C19H16N4O3S/c20-13-15-5-7-16(8-6-15)19(24)22-9-11-23(12-10-22)27(25,26)18-4-2-1-3-17(18)14-21/h1-8H,9-12H2. The minimum Gasteiger partial charge on any atom is -0.336 e. The van der Waals surface area contributed by atoms with Crippen LogP contribution in [-0.4, -0.2) is 49.7 Å². The predicted octanol–water partition coefficient (Wildman–Crippen LogP) is 1.58. The zero-order valence-corrected chi connectivity index (χ0v) is 15.2. The van der Waals surface area contributed by atoms with Crippen molar-refractivity contribution in [2.75, 3.05) is 26.2 Å². The molecule has 1 amide bonds. The van der Waals surface area contributed by atoms with E-state index >= 15 is 0 Å². The topological polar surface area (TPSA) is 105 Å². The van der Waals surface area contributed by atoms with Gasteiger partial charge in [0.1, 0.15) is 6.07 Å². The number of piperazine rings is 1. The van der Waals surface area contributed by atoms with Crippen molar-refractivity contribution in [2.24, 2.45) is 0 Å². The largest absolute Gasteiger partial charge is 0.336 e. The number of hydrogen-bond acceptors (Lipinski definition) is 5. The number of benzene rings is 2. The van der Waals surface area contributed by atoms with Gasteiger partial charge < -0.3 is 4.90 Å². The fraction of sp³-hybridized carbons (Fsp3) is 0.211. The van der Waals surface area contributed by atoms with Gasteiger partial charge in [-0.2, -0.15) is 14.8 Å². The Morgan fingerprint density at radius 3 is 2.11 bits per heavy atom. The second kappa shape index (κ2) is 7.58. The van der Waals surface area contributed by atoms with Crippen LogP contribution in [-0.2, 0) is 10.0 Å². The molecule has 0 unspecified atom stereocenters. The van der Waals surface area contributed by atoms with Gasteiger partial charge in [0.25, 0.3) is 5.91 Å². The van der Waals surface area contributed by atoms with Gasteiger partial charge in [0.15, 0.2) is 0 Å². The molecule has 0 atom stereocenters. The van der Waals surface area contributed by atoms with Crippen LogP contribution in [0.3, 0.4) is 0 Å². The summed E-state index contributed by atoms with van der Waals surface area (Å²) in [7, 11) is -3.79. The zero-order chi connectivity index (χ0) is 19.4. The molecule has 3 rings (SSSR count). The van der Waals surface area contributed by atoms with Gasteiger partial charge in [-0.05, 0) is 36.4 Å². The Morgan fingerprint density at radius 1 is 0.889 bits per heavy atom. The summed E-state index contributed by atoms with van der Waals surface area (Å²) in [5.74, 6) is -0.200. The van der Waals surface area contributed by atoms with Crippen LogP contribution < -0.4 is 0 Å². The highest BCUT2D eigenvalue weighted by molar-refractivity contribution is 7.89. The van der Waals surface area contributed by atoms with E-state index in [9.17, 15) is 13.2 Å². The van der Waals surface area contributed by atoms with E-state index in [0.29, 0.717) is 11.1 Å². The van der Waals surface area contributed by atoms with Crippen LogP contribution >= 0.6 is 0 Å². The lowest BCUT2D eigenvalue weighted by Gasteiger charge is -2.34. The van der Waals surface area contributed by atoms with Gasteiger partial charge in [0, 0.05) is 31.7 Å². The second-order valence-corrected chi connectivity index (χ2v) is 7.90. The molecular weight excluding hydrogens is 364 g/mol. The molecule has 0 bridgehead atoms. The first-order valence-electron chi connectivity index (χ1n) is 8.26. The average Bonchev–Trinajstić information content (AvgIpc) is 2.73. The molecule has 0 radical (unpaired) electrons. The lowest BCUT2D eigenvalue weighted by atomic mass is 10.1. The molecule has 1 fully saturated rings. The van der Waals surface area contributed by atoms with Gasteiger partial charge in [-0.3, -0.25) is 4.79 Å². The van der Waals surface area contributed by atoms with Gasteiger partial charge >= 0.3 is 0 Å². The number of hydrogen-bond donors (Lipinski definition) is 0. The molecule has 2 aromatic rings. The second-order valence-electron chi connectivity index (χ2n) is 5.99. The molecule has 136 valence electrons.